The van der Waals surface area contributed by atoms with Crippen LogP contribution in [0.25, 0.3) is 17.3 Å². The highest BCUT2D eigenvalue weighted by molar-refractivity contribution is 5.66. The highest BCUT2D eigenvalue weighted by Crippen LogP contribution is 2.38. The van der Waals surface area contributed by atoms with E-state index in [1.807, 2.05) is 30.9 Å². The van der Waals surface area contributed by atoms with Gasteiger partial charge in [-0.05, 0) is 45.1 Å². The van der Waals surface area contributed by atoms with E-state index in [1.165, 1.54) is 18.4 Å². The van der Waals surface area contributed by atoms with Crippen molar-refractivity contribution in [2.75, 3.05) is 6.54 Å². The maximum absolute atomic E-state index is 4.56. The van der Waals surface area contributed by atoms with Crippen molar-refractivity contribution < 1.29 is 0 Å². The third-order valence-electron chi connectivity index (χ3n) is 5.26. The zero-order valence-corrected chi connectivity index (χ0v) is 15.8. The summed E-state index contributed by atoms with van der Waals surface area (Å²) in [6, 6.07) is 0.330. The molecule has 1 aliphatic carbocycles. The van der Waals surface area contributed by atoms with Crippen molar-refractivity contribution in [2.24, 2.45) is 4.99 Å². The van der Waals surface area contributed by atoms with E-state index in [2.05, 4.69) is 49.8 Å². The minimum absolute atomic E-state index is 0.330. The van der Waals surface area contributed by atoms with Gasteiger partial charge in [0.15, 0.2) is 0 Å². The van der Waals surface area contributed by atoms with Crippen molar-refractivity contribution in [3.8, 4) is 11.3 Å². The average Bonchev–Trinajstić information content (AvgIpc) is 3.43. The molecule has 1 aliphatic heterocycles. The summed E-state index contributed by atoms with van der Waals surface area (Å²) in [6.07, 6.45) is 17.0. The summed E-state index contributed by atoms with van der Waals surface area (Å²) >= 11 is 0. The number of rotatable bonds is 6. The van der Waals surface area contributed by atoms with Gasteiger partial charge in [0.25, 0.3) is 0 Å². The van der Waals surface area contributed by atoms with Crippen molar-refractivity contribution in [1.82, 2.24) is 25.1 Å². The third kappa shape index (κ3) is 3.99. The Morgan fingerprint density at radius 1 is 1.33 bits per heavy atom. The number of aromatic amines is 1. The van der Waals surface area contributed by atoms with E-state index >= 15 is 0 Å². The van der Waals surface area contributed by atoms with Gasteiger partial charge in [0.2, 0.25) is 0 Å². The first-order valence-electron chi connectivity index (χ1n) is 9.72. The summed E-state index contributed by atoms with van der Waals surface area (Å²) < 4.78 is 0. The Kier molecular flexibility index (Phi) is 5.14. The van der Waals surface area contributed by atoms with Gasteiger partial charge < -0.3 is 4.90 Å². The maximum Gasteiger partial charge on any atom is 0.131 e. The third-order valence-corrected chi connectivity index (χ3v) is 5.26. The van der Waals surface area contributed by atoms with Crippen LogP contribution in [0.4, 0.5) is 0 Å². The van der Waals surface area contributed by atoms with Crippen LogP contribution in [0, 0.1) is 0 Å². The highest BCUT2D eigenvalue weighted by atomic mass is 15.1. The molecule has 0 amide bonds. The number of H-pyrrole nitrogens is 1. The summed E-state index contributed by atoms with van der Waals surface area (Å²) in [5, 5.41) is 7.66. The molecule has 1 saturated carbocycles. The molecular weight excluding hydrogens is 336 g/mol. The molecule has 1 atom stereocenters. The standard InChI is InChI=1S/C21H26N6/c1-3-19-18(12-15(2)27-10-5-4-8-22-9-11-27)20(26-25-19)17-13-23-21(24-14-17)16-6-7-16/h3,8-9,11,13-16H,1,4-7,10,12H2,2H3,(H,25,26). The van der Waals surface area contributed by atoms with Crippen molar-refractivity contribution in [2.45, 2.75) is 51.0 Å². The SMILES string of the molecule is C=Cc1[nH]nc(-c2cnc(C3CC3)nc2)c1CC(C)N1C=CN=CCCC1. The first kappa shape index (κ1) is 17.6. The van der Waals surface area contributed by atoms with E-state index < -0.39 is 0 Å². The molecule has 0 aromatic carbocycles. The van der Waals surface area contributed by atoms with Gasteiger partial charge in [0.1, 0.15) is 5.82 Å². The Labute approximate surface area is 160 Å². The molecule has 1 N–H and O–H groups in total. The molecule has 0 spiro atoms. The van der Waals surface area contributed by atoms with Crippen LogP contribution < -0.4 is 0 Å². The van der Waals surface area contributed by atoms with E-state index in [1.54, 1.807) is 0 Å². The van der Waals surface area contributed by atoms with E-state index in [-0.39, 0.29) is 0 Å². The highest BCUT2D eigenvalue weighted by Gasteiger charge is 2.26. The van der Waals surface area contributed by atoms with Crippen LogP contribution in [0.1, 0.15) is 55.6 Å². The van der Waals surface area contributed by atoms with Gasteiger partial charge in [-0.15, -0.1) is 0 Å². The molecule has 6 heteroatoms. The van der Waals surface area contributed by atoms with Crippen LogP contribution in [0.2, 0.25) is 0 Å². The minimum Gasteiger partial charge on any atom is -0.373 e. The largest absolute Gasteiger partial charge is 0.373 e. The van der Waals surface area contributed by atoms with Crippen LogP contribution >= 0.6 is 0 Å². The van der Waals surface area contributed by atoms with Crippen molar-refractivity contribution >= 4 is 12.3 Å². The number of hydrogen-bond donors (Lipinski definition) is 1. The van der Waals surface area contributed by atoms with Crippen LogP contribution in [0.15, 0.2) is 36.4 Å². The summed E-state index contributed by atoms with van der Waals surface area (Å²) in [5.74, 6) is 1.52. The number of hydrogen-bond acceptors (Lipinski definition) is 5. The molecule has 1 unspecified atom stereocenters. The first-order valence-corrected chi connectivity index (χ1v) is 9.72. The van der Waals surface area contributed by atoms with E-state index in [9.17, 15) is 0 Å². The predicted molar refractivity (Wildman–Crippen MR) is 108 cm³/mol. The molecule has 4 rings (SSSR count). The van der Waals surface area contributed by atoms with Gasteiger partial charge in [0, 0.05) is 60.6 Å². The molecule has 140 valence electrons. The average molecular weight is 362 g/mol. The molecule has 27 heavy (non-hydrogen) atoms. The van der Waals surface area contributed by atoms with Crippen LogP contribution in [0.5, 0.6) is 0 Å². The normalized spacial score (nSPS) is 18.2. The Morgan fingerprint density at radius 2 is 2.15 bits per heavy atom. The van der Waals surface area contributed by atoms with E-state index in [4.69, 9.17) is 0 Å². The Balaban J connectivity index is 1.57. The van der Waals surface area contributed by atoms with Crippen molar-refractivity contribution in [3.05, 3.63) is 48.5 Å². The van der Waals surface area contributed by atoms with Crippen LogP contribution in [-0.4, -0.2) is 43.9 Å². The second-order valence-electron chi connectivity index (χ2n) is 7.34. The number of aromatic nitrogens is 4. The topological polar surface area (TPSA) is 70.1 Å². The molecular formula is C21H26N6. The lowest BCUT2D eigenvalue weighted by Gasteiger charge is -2.28. The molecule has 0 bridgehead atoms. The van der Waals surface area contributed by atoms with E-state index in [0.29, 0.717) is 12.0 Å². The summed E-state index contributed by atoms with van der Waals surface area (Å²) in [5.41, 5.74) is 4.02. The van der Waals surface area contributed by atoms with Gasteiger partial charge in [-0.2, -0.15) is 5.10 Å². The maximum atomic E-state index is 4.56. The number of aliphatic imine (C=N–C) groups is 1. The monoisotopic (exact) mass is 362 g/mol. The Bertz CT molecular complexity index is 844. The fourth-order valence-electron chi connectivity index (χ4n) is 3.48. The summed E-state index contributed by atoms with van der Waals surface area (Å²) in [6.45, 7) is 7.21. The molecule has 0 radical (unpaired) electrons. The van der Waals surface area contributed by atoms with Gasteiger partial charge in [-0.25, -0.2) is 9.97 Å². The summed E-state index contributed by atoms with van der Waals surface area (Å²) in [7, 11) is 0. The fraction of sp³-hybridized carbons (Fsp3) is 0.429. The summed E-state index contributed by atoms with van der Waals surface area (Å²) in [4.78, 5) is 15.8. The van der Waals surface area contributed by atoms with Gasteiger partial charge in [0.05, 0.1) is 11.4 Å². The Hall–Kier alpha value is -2.76. The molecule has 0 saturated heterocycles. The quantitative estimate of drug-likeness (QED) is 0.844. The molecule has 1 fully saturated rings. The lowest BCUT2D eigenvalue weighted by molar-refractivity contribution is 0.288. The van der Waals surface area contributed by atoms with Gasteiger partial charge >= 0.3 is 0 Å². The lowest BCUT2D eigenvalue weighted by atomic mass is 10.0. The van der Waals surface area contributed by atoms with E-state index in [0.717, 1.165) is 48.6 Å². The number of nitrogens with zero attached hydrogens (tertiary/aromatic N) is 5. The smallest absolute Gasteiger partial charge is 0.131 e. The fourth-order valence-corrected chi connectivity index (χ4v) is 3.48. The van der Waals surface area contributed by atoms with Crippen molar-refractivity contribution in [1.29, 1.82) is 0 Å². The zero-order valence-electron chi connectivity index (χ0n) is 15.8. The molecule has 6 nitrogen and oxygen atoms in total. The molecule has 2 aromatic heterocycles. The zero-order chi connectivity index (χ0) is 18.6. The predicted octanol–water partition coefficient (Wildman–Crippen LogP) is 3.96. The minimum atomic E-state index is 0.330. The second-order valence-corrected chi connectivity index (χ2v) is 7.34. The molecule has 3 heterocycles. The second kappa shape index (κ2) is 7.86. The van der Waals surface area contributed by atoms with Crippen molar-refractivity contribution in [3.63, 3.8) is 0 Å². The Morgan fingerprint density at radius 3 is 2.89 bits per heavy atom. The molecule has 2 aromatic rings. The van der Waals surface area contributed by atoms with Gasteiger partial charge in [-0.3, -0.25) is 10.1 Å². The lowest BCUT2D eigenvalue weighted by Crippen LogP contribution is -2.31. The van der Waals surface area contributed by atoms with Crippen LogP contribution in [0.3, 0.4) is 0 Å². The molecule has 2 aliphatic rings. The number of nitrogens with one attached hydrogen (secondary N) is 1. The van der Waals surface area contributed by atoms with Gasteiger partial charge in [-0.1, -0.05) is 6.58 Å². The first-order chi connectivity index (χ1) is 13.3. The van der Waals surface area contributed by atoms with Crippen LogP contribution in [-0.2, 0) is 6.42 Å².